The summed E-state index contributed by atoms with van der Waals surface area (Å²) in [5, 5.41) is 8.94. The Morgan fingerprint density at radius 2 is 2.27 bits per heavy atom. The first-order chi connectivity index (χ1) is 7.24. The minimum Gasteiger partial charge on any atom is -0.313 e. The van der Waals surface area contributed by atoms with Gasteiger partial charge in [0.25, 0.3) is 0 Å². The van der Waals surface area contributed by atoms with Crippen LogP contribution in [0.1, 0.15) is 25.5 Å². The van der Waals surface area contributed by atoms with E-state index in [0.29, 0.717) is 6.04 Å². The second-order valence-corrected chi connectivity index (χ2v) is 3.81. The van der Waals surface area contributed by atoms with E-state index >= 15 is 0 Å². The summed E-state index contributed by atoms with van der Waals surface area (Å²) in [5.41, 5.74) is 2.36. The SMILES string of the molecule is CCn1cc2ccc(C(C)NC)cc2n1. The van der Waals surface area contributed by atoms with E-state index in [9.17, 15) is 0 Å². The molecule has 3 heteroatoms. The van der Waals surface area contributed by atoms with Crippen molar-refractivity contribution < 1.29 is 0 Å². The smallest absolute Gasteiger partial charge is 0.0926 e. The van der Waals surface area contributed by atoms with Crippen LogP contribution in [-0.2, 0) is 6.54 Å². The summed E-state index contributed by atoms with van der Waals surface area (Å²) in [6.07, 6.45) is 2.09. The lowest BCUT2D eigenvalue weighted by Crippen LogP contribution is -2.11. The molecule has 0 saturated heterocycles. The van der Waals surface area contributed by atoms with E-state index in [1.807, 2.05) is 11.7 Å². The molecular formula is C12H17N3. The van der Waals surface area contributed by atoms with E-state index in [-0.39, 0.29) is 0 Å². The van der Waals surface area contributed by atoms with E-state index in [4.69, 9.17) is 0 Å². The summed E-state index contributed by atoms with van der Waals surface area (Å²) in [4.78, 5) is 0. The van der Waals surface area contributed by atoms with Crippen molar-refractivity contribution in [2.75, 3.05) is 7.05 Å². The van der Waals surface area contributed by atoms with E-state index < -0.39 is 0 Å². The largest absolute Gasteiger partial charge is 0.313 e. The number of benzene rings is 1. The van der Waals surface area contributed by atoms with Crippen molar-refractivity contribution >= 4 is 10.9 Å². The van der Waals surface area contributed by atoms with Gasteiger partial charge in [-0.1, -0.05) is 12.1 Å². The van der Waals surface area contributed by atoms with Gasteiger partial charge in [-0.2, -0.15) is 5.10 Å². The van der Waals surface area contributed by atoms with Crippen LogP contribution in [0.15, 0.2) is 24.4 Å². The number of hydrogen-bond donors (Lipinski definition) is 1. The van der Waals surface area contributed by atoms with Crippen LogP contribution >= 0.6 is 0 Å². The van der Waals surface area contributed by atoms with Crippen molar-refractivity contribution in [3.05, 3.63) is 30.0 Å². The molecule has 1 heterocycles. The molecule has 1 aromatic heterocycles. The number of aromatic nitrogens is 2. The van der Waals surface area contributed by atoms with Crippen LogP contribution in [0.2, 0.25) is 0 Å². The van der Waals surface area contributed by atoms with Gasteiger partial charge < -0.3 is 5.32 Å². The maximum absolute atomic E-state index is 4.50. The van der Waals surface area contributed by atoms with E-state index in [0.717, 1.165) is 12.1 Å². The van der Waals surface area contributed by atoms with Gasteiger partial charge in [-0.3, -0.25) is 4.68 Å². The summed E-state index contributed by atoms with van der Waals surface area (Å²) in [6.45, 7) is 5.17. The molecule has 0 aliphatic rings. The molecule has 0 radical (unpaired) electrons. The average molecular weight is 203 g/mol. The van der Waals surface area contributed by atoms with Crippen LogP contribution in [0.25, 0.3) is 10.9 Å². The Labute approximate surface area is 90.1 Å². The standard InChI is InChI=1S/C12H17N3/c1-4-15-8-11-6-5-10(9(2)13-3)7-12(11)14-15/h5-9,13H,4H2,1-3H3. The van der Waals surface area contributed by atoms with E-state index in [1.54, 1.807) is 0 Å². The lowest BCUT2D eigenvalue weighted by Gasteiger charge is -2.09. The number of aryl methyl sites for hydroxylation is 1. The Morgan fingerprint density at radius 1 is 1.47 bits per heavy atom. The number of nitrogens with one attached hydrogen (secondary N) is 1. The van der Waals surface area contributed by atoms with Crippen LogP contribution in [-0.4, -0.2) is 16.8 Å². The molecule has 0 amide bonds. The first-order valence-electron chi connectivity index (χ1n) is 5.39. The lowest BCUT2D eigenvalue weighted by molar-refractivity contribution is 0.651. The van der Waals surface area contributed by atoms with Gasteiger partial charge in [0, 0.05) is 24.2 Å². The van der Waals surface area contributed by atoms with Gasteiger partial charge in [-0.25, -0.2) is 0 Å². The third kappa shape index (κ3) is 1.88. The molecule has 3 nitrogen and oxygen atoms in total. The zero-order valence-electron chi connectivity index (χ0n) is 9.49. The highest BCUT2D eigenvalue weighted by molar-refractivity contribution is 5.78. The van der Waals surface area contributed by atoms with Gasteiger partial charge in [0.2, 0.25) is 0 Å². The molecule has 1 N–H and O–H groups in total. The summed E-state index contributed by atoms with van der Waals surface area (Å²) < 4.78 is 1.97. The van der Waals surface area contributed by atoms with Gasteiger partial charge in [0.05, 0.1) is 5.52 Å². The van der Waals surface area contributed by atoms with Crippen LogP contribution in [0.4, 0.5) is 0 Å². The minimum absolute atomic E-state index is 0.376. The van der Waals surface area contributed by atoms with Crippen LogP contribution < -0.4 is 5.32 Å². The molecule has 0 aliphatic carbocycles. The molecule has 0 aliphatic heterocycles. The van der Waals surface area contributed by atoms with Crippen molar-refractivity contribution in [2.24, 2.45) is 0 Å². The Balaban J connectivity index is 2.45. The first-order valence-corrected chi connectivity index (χ1v) is 5.39. The second kappa shape index (κ2) is 4.03. The number of fused-ring (bicyclic) bond motifs is 1. The number of nitrogens with zero attached hydrogens (tertiary/aromatic N) is 2. The number of hydrogen-bond acceptors (Lipinski definition) is 2. The normalized spacial score (nSPS) is 13.3. The summed E-state index contributed by atoms with van der Waals surface area (Å²) in [6, 6.07) is 6.83. The maximum atomic E-state index is 4.50. The molecule has 80 valence electrons. The highest BCUT2D eigenvalue weighted by Crippen LogP contribution is 2.18. The molecule has 1 unspecified atom stereocenters. The fourth-order valence-corrected chi connectivity index (χ4v) is 1.68. The topological polar surface area (TPSA) is 29.9 Å². The lowest BCUT2D eigenvalue weighted by atomic mass is 10.1. The van der Waals surface area contributed by atoms with Crippen LogP contribution in [0.3, 0.4) is 0 Å². The highest BCUT2D eigenvalue weighted by Gasteiger charge is 2.05. The summed E-state index contributed by atoms with van der Waals surface area (Å²) in [7, 11) is 1.97. The molecule has 0 bridgehead atoms. The first kappa shape index (κ1) is 10.2. The molecule has 0 saturated carbocycles. The van der Waals surface area contributed by atoms with Gasteiger partial charge in [-0.15, -0.1) is 0 Å². The summed E-state index contributed by atoms with van der Waals surface area (Å²) in [5.74, 6) is 0. The molecule has 2 aromatic rings. The molecule has 0 fully saturated rings. The molecule has 0 spiro atoms. The van der Waals surface area contributed by atoms with Gasteiger partial charge in [-0.05, 0) is 32.5 Å². The van der Waals surface area contributed by atoms with Crippen LogP contribution in [0.5, 0.6) is 0 Å². The number of rotatable bonds is 3. The van der Waals surface area contributed by atoms with E-state index in [2.05, 4.69) is 48.7 Å². The Bertz CT molecular complexity index is 459. The molecule has 15 heavy (non-hydrogen) atoms. The zero-order chi connectivity index (χ0) is 10.8. The van der Waals surface area contributed by atoms with Crippen molar-refractivity contribution in [1.82, 2.24) is 15.1 Å². The van der Waals surface area contributed by atoms with Crippen molar-refractivity contribution in [2.45, 2.75) is 26.4 Å². The van der Waals surface area contributed by atoms with E-state index in [1.165, 1.54) is 10.9 Å². The van der Waals surface area contributed by atoms with Crippen molar-refractivity contribution in [3.8, 4) is 0 Å². The van der Waals surface area contributed by atoms with Gasteiger partial charge in [0.1, 0.15) is 0 Å². The third-order valence-electron chi connectivity index (χ3n) is 2.84. The monoisotopic (exact) mass is 203 g/mol. The molecule has 1 atom stereocenters. The maximum Gasteiger partial charge on any atom is 0.0926 e. The average Bonchev–Trinajstić information content (AvgIpc) is 2.69. The predicted octanol–water partition coefficient (Wildman–Crippen LogP) is 2.34. The fraction of sp³-hybridized carbons (Fsp3) is 0.417. The molecule has 1 aromatic carbocycles. The second-order valence-electron chi connectivity index (χ2n) is 3.81. The fourth-order valence-electron chi connectivity index (χ4n) is 1.68. The summed E-state index contributed by atoms with van der Waals surface area (Å²) >= 11 is 0. The van der Waals surface area contributed by atoms with Crippen LogP contribution in [0, 0.1) is 0 Å². The quantitative estimate of drug-likeness (QED) is 0.829. The molecular weight excluding hydrogens is 186 g/mol. The predicted molar refractivity (Wildman–Crippen MR) is 62.9 cm³/mol. The highest BCUT2D eigenvalue weighted by atomic mass is 15.3. The minimum atomic E-state index is 0.376. The van der Waals surface area contributed by atoms with Crippen molar-refractivity contribution in [1.29, 1.82) is 0 Å². The Kier molecular flexibility index (Phi) is 2.73. The molecule has 2 rings (SSSR count). The Morgan fingerprint density at radius 3 is 2.93 bits per heavy atom. The Hall–Kier alpha value is -1.35. The van der Waals surface area contributed by atoms with Gasteiger partial charge in [0.15, 0.2) is 0 Å². The zero-order valence-corrected chi connectivity index (χ0v) is 9.49. The third-order valence-corrected chi connectivity index (χ3v) is 2.84. The van der Waals surface area contributed by atoms with Gasteiger partial charge >= 0.3 is 0 Å². The van der Waals surface area contributed by atoms with Crippen molar-refractivity contribution in [3.63, 3.8) is 0 Å².